The number of nitrogens with zero attached hydrogens (tertiary/aromatic N) is 2. The summed E-state index contributed by atoms with van der Waals surface area (Å²) in [6.07, 6.45) is 2.35. The monoisotopic (exact) mass is 514 g/mol. The Morgan fingerprint density at radius 1 is 1.03 bits per heavy atom. The van der Waals surface area contributed by atoms with E-state index in [9.17, 15) is 13.2 Å². The van der Waals surface area contributed by atoms with Gasteiger partial charge in [-0.15, -0.1) is 0 Å². The molecule has 9 heteroatoms. The van der Waals surface area contributed by atoms with E-state index < -0.39 is 15.9 Å². The van der Waals surface area contributed by atoms with Crippen LogP contribution in [0.1, 0.15) is 37.1 Å². The molecule has 0 aliphatic rings. The Hall–Kier alpha value is -2.94. The minimum atomic E-state index is -3.30. The van der Waals surface area contributed by atoms with E-state index in [1.165, 1.54) is 17.8 Å². The molecule has 35 heavy (non-hydrogen) atoms. The van der Waals surface area contributed by atoms with E-state index in [2.05, 4.69) is 39.6 Å². The average molecular weight is 515 g/mol. The van der Waals surface area contributed by atoms with Crippen molar-refractivity contribution in [1.29, 1.82) is 0 Å². The van der Waals surface area contributed by atoms with Crippen molar-refractivity contribution in [1.82, 2.24) is 15.2 Å². The zero-order valence-electron chi connectivity index (χ0n) is 20.0. The molecule has 0 fully saturated rings. The lowest BCUT2D eigenvalue weighted by molar-refractivity contribution is 0.251. The van der Waals surface area contributed by atoms with Crippen LogP contribution in [0.15, 0.2) is 71.8 Å². The highest BCUT2D eigenvalue weighted by Gasteiger charge is 2.13. The molecular weight excluding hydrogens is 484 g/mol. The first kappa shape index (κ1) is 26.7. The molecule has 1 heterocycles. The summed E-state index contributed by atoms with van der Waals surface area (Å²) < 4.78 is 23.7. The maximum atomic E-state index is 12.3. The number of amides is 2. The summed E-state index contributed by atoms with van der Waals surface area (Å²) >= 11 is 6.54. The zero-order valence-corrected chi connectivity index (χ0v) is 21.6. The number of pyridine rings is 1. The van der Waals surface area contributed by atoms with Gasteiger partial charge >= 0.3 is 6.03 Å². The van der Waals surface area contributed by atoms with Crippen molar-refractivity contribution >= 4 is 33.2 Å². The number of carbonyl (C=O) groups excluding carboxylic acids is 1. The van der Waals surface area contributed by atoms with Crippen LogP contribution in [0.2, 0.25) is 5.02 Å². The highest BCUT2D eigenvalue weighted by molar-refractivity contribution is 7.91. The number of benzene rings is 2. The van der Waals surface area contributed by atoms with Gasteiger partial charge in [-0.3, -0.25) is 9.88 Å². The highest BCUT2D eigenvalue weighted by atomic mass is 35.5. The lowest BCUT2D eigenvalue weighted by Gasteiger charge is -2.22. The smallest absolute Gasteiger partial charge is 0.319 e. The second kappa shape index (κ2) is 12.7. The molecule has 0 unspecified atom stereocenters. The quantitative estimate of drug-likeness (QED) is 0.364. The number of aromatic nitrogens is 1. The topological polar surface area (TPSA) is 91.4 Å². The molecule has 0 aliphatic heterocycles. The van der Waals surface area contributed by atoms with Crippen LogP contribution in [0.3, 0.4) is 0 Å². The molecule has 0 bridgehead atoms. The molecule has 0 radical (unpaired) electrons. The third-order valence-electron chi connectivity index (χ3n) is 5.46. The van der Waals surface area contributed by atoms with Gasteiger partial charge in [0.25, 0.3) is 0 Å². The summed E-state index contributed by atoms with van der Waals surface area (Å²) in [5.41, 5.74) is 3.38. The molecule has 0 aliphatic carbocycles. The van der Waals surface area contributed by atoms with E-state index in [4.69, 9.17) is 11.6 Å². The Kier molecular flexibility index (Phi) is 9.65. The van der Waals surface area contributed by atoms with Crippen molar-refractivity contribution in [2.45, 2.75) is 44.8 Å². The first-order chi connectivity index (χ1) is 16.8. The van der Waals surface area contributed by atoms with Crippen LogP contribution in [0.5, 0.6) is 0 Å². The third kappa shape index (κ3) is 8.06. The predicted octanol–water partition coefficient (Wildman–Crippen LogP) is 5.26. The normalized spacial score (nSPS) is 11.4. The van der Waals surface area contributed by atoms with Crippen molar-refractivity contribution in [3.63, 3.8) is 0 Å². The van der Waals surface area contributed by atoms with Crippen LogP contribution in [-0.4, -0.2) is 36.6 Å². The summed E-state index contributed by atoms with van der Waals surface area (Å²) in [4.78, 5) is 19.0. The summed E-state index contributed by atoms with van der Waals surface area (Å²) in [5.74, 6) is 0.0136. The van der Waals surface area contributed by atoms with Crippen LogP contribution in [0.4, 0.5) is 10.5 Å². The summed E-state index contributed by atoms with van der Waals surface area (Å²) in [6.45, 7) is 6.40. The minimum Gasteiger partial charge on any atom is -0.332 e. The van der Waals surface area contributed by atoms with Gasteiger partial charge in [-0.1, -0.05) is 61.8 Å². The molecular formula is C26H31ClN4O3S. The number of urea groups is 1. The van der Waals surface area contributed by atoms with Gasteiger partial charge in [0.15, 0.2) is 9.84 Å². The van der Waals surface area contributed by atoms with Crippen molar-refractivity contribution in [2.24, 2.45) is 0 Å². The van der Waals surface area contributed by atoms with Gasteiger partial charge in [0, 0.05) is 30.0 Å². The molecule has 0 atom stereocenters. The van der Waals surface area contributed by atoms with Gasteiger partial charge in [-0.05, 0) is 48.4 Å². The Morgan fingerprint density at radius 3 is 2.43 bits per heavy atom. The fraction of sp³-hybridized carbons (Fsp3) is 0.308. The third-order valence-corrected chi connectivity index (χ3v) is 7.53. The Labute approximate surface area is 212 Å². The first-order valence-corrected chi connectivity index (χ1v) is 13.6. The second-order valence-electron chi connectivity index (χ2n) is 8.20. The van der Waals surface area contributed by atoms with E-state index in [1.807, 2.05) is 30.3 Å². The van der Waals surface area contributed by atoms with Gasteiger partial charge < -0.3 is 10.6 Å². The van der Waals surface area contributed by atoms with Gasteiger partial charge in [0.1, 0.15) is 0 Å². The first-order valence-electron chi connectivity index (χ1n) is 11.6. The molecule has 1 aromatic heterocycles. The molecule has 0 spiro atoms. The second-order valence-corrected chi connectivity index (χ2v) is 10.9. The maximum Gasteiger partial charge on any atom is 0.319 e. The van der Waals surface area contributed by atoms with Gasteiger partial charge in [-0.2, -0.15) is 0 Å². The van der Waals surface area contributed by atoms with Gasteiger partial charge in [0.2, 0.25) is 0 Å². The fourth-order valence-electron chi connectivity index (χ4n) is 3.58. The average Bonchev–Trinajstić information content (AvgIpc) is 2.85. The SMILES string of the molecule is CCCN(Cc1ccccc1)Cc1ccc(NC(=O)NCc2ccc(S(=O)(=O)CC)cn2)cc1Cl. The van der Waals surface area contributed by atoms with Crippen molar-refractivity contribution in [3.8, 4) is 0 Å². The van der Waals surface area contributed by atoms with E-state index in [0.717, 1.165) is 25.1 Å². The standard InChI is InChI=1S/C26H31ClN4O3S/c1-3-14-31(18-20-8-6-5-7-9-20)19-21-10-11-22(15-25(21)27)30-26(32)29-16-23-12-13-24(17-28-23)35(33,34)4-2/h5-13,15,17H,3-4,14,16,18-19H2,1-2H3,(H2,29,30,32). The number of halogens is 1. The predicted molar refractivity (Wildman–Crippen MR) is 140 cm³/mol. The van der Waals surface area contributed by atoms with E-state index in [0.29, 0.717) is 22.9 Å². The van der Waals surface area contributed by atoms with Crippen LogP contribution >= 0.6 is 11.6 Å². The molecule has 2 aromatic carbocycles. The number of hydrogen-bond donors (Lipinski definition) is 2. The van der Waals surface area contributed by atoms with Crippen LogP contribution in [0.25, 0.3) is 0 Å². The number of rotatable bonds is 11. The number of carbonyl (C=O) groups is 1. The fourth-order valence-corrected chi connectivity index (χ4v) is 4.64. The zero-order chi connectivity index (χ0) is 25.3. The maximum absolute atomic E-state index is 12.3. The summed E-state index contributed by atoms with van der Waals surface area (Å²) in [5, 5.41) is 6.08. The molecule has 2 amide bonds. The molecule has 0 saturated heterocycles. The summed E-state index contributed by atoms with van der Waals surface area (Å²) in [7, 11) is -3.30. The number of anilines is 1. The van der Waals surface area contributed by atoms with E-state index >= 15 is 0 Å². The Bertz CT molecular complexity index is 1220. The van der Waals surface area contributed by atoms with Gasteiger partial charge in [0.05, 0.1) is 22.9 Å². The van der Waals surface area contributed by atoms with Crippen molar-refractivity contribution < 1.29 is 13.2 Å². The largest absolute Gasteiger partial charge is 0.332 e. The molecule has 3 rings (SSSR count). The lowest BCUT2D eigenvalue weighted by atomic mass is 10.1. The minimum absolute atomic E-state index is 0.0136. The Balaban J connectivity index is 1.55. The molecule has 186 valence electrons. The van der Waals surface area contributed by atoms with Crippen LogP contribution < -0.4 is 10.6 Å². The highest BCUT2D eigenvalue weighted by Crippen LogP contribution is 2.23. The number of hydrogen-bond acceptors (Lipinski definition) is 5. The lowest BCUT2D eigenvalue weighted by Crippen LogP contribution is -2.28. The van der Waals surface area contributed by atoms with Gasteiger partial charge in [-0.25, -0.2) is 13.2 Å². The van der Waals surface area contributed by atoms with E-state index in [-0.39, 0.29) is 17.2 Å². The Morgan fingerprint density at radius 2 is 1.80 bits per heavy atom. The van der Waals surface area contributed by atoms with Crippen molar-refractivity contribution in [2.75, 3.05) is 17.6 Å². The number of sulfone groups is 1. The van der Waals surface area contributed by atoms with Crippen molar-refractivity contribution in [3.05, 3.63) is 88.7 Å². The summed E-state index contributed by atoms with van der Waals surface area (Å²) in [6, 6.07) is 18.5. The van der Waals surface area contributed by atoms with Crippen LogP contribution in [-0.2, 0) is 29.5 Å². The molecule has 2 N–H and O–H groups in total. The van der Waals surface area contributed by atoms with Crippen LogP contribution in [0, 0.1) is 0 Å². The molecule has 0 saturated carbocycles. The molecule has 7 nitrogen and oxygen atoms in total. The van der Waals surface area contributed by atoms with E-state index in [1.54, 1.807) is 19.1 Å². The molecule has 3 aromatic rings. The number of nitrogens with one attached hydrogen (secondary N) is 2.